The molecule has 0 aliphatic carbocycles. The number of carbonyl (C=O) groups excluding carboxylic acids is 1. The number of carbonyl (C=O) groups is 1. The van der Waals surface area contributed by atoms with E-state index in [0.717, 1.165) is 0 Å². The van der Waals surface area contributed by atoms with E-state index in [0.29, 0.717) is 21.7 Å². The normalized spacial score (nSPS) is 11.4. The van der Waals surface area contributed by atoms with Crippen molar-refractivity contribution in [1.29, 1.82) is 0 Å². The van der Waals surface area contributed by atoms with Crippen LogP contribution in [0.2, 0.25) is 5.02 Å². The van der Waals surface area contributed by atoms with Gasteiger partial charge in [0.05, 0.1) is 22.9 Å². The first-order valence-corrected chi connectivity index (χ1v) is 12.3. The van der Waals surface area contributed by atoms with Crippen molar-refractivity contribution in [2.45, 2.75) is 32.2 Å². The average Bonchev–Trinajstić information content (AvgIpc) is 2.80. The molecule has 180 valence electrons. The van der Waals surface area contributed by atoms with E-state index in [1.807, 2.05) is 0 Å². The minimum Gasteiger partial charge on any atom is -0.493 e. The van der Waals surface area contributed by atoms with Crippen LogP contribution in [0.4, 0.5) is 4.39 Å². The summed E-state index contributed by atoms with van der Waals surface area (Å²) in [6, 6.07) is 17.4. The summed E-state index contributed by atoms with van der Waals surface area (Å²) in [5, 5.41) is -0.448. The molecule has 0 aliphatic rings. The van der Waals surface area contributed by atoms with Gasteiger partial charge in [0.15, 0.2) is 11.5 Å². The molecule has 6 nitrogen and oxygen atoms in total. The zero-order valence-corrected chi connectivity index (χ0v) is 20.6. The van der Waals surface area contributed by atoms with Gasteiger partial charge < -0.3 is 13.8 Å². The Labute approximate surface area is 204 Å². The highest BCUT2D eigenvalue weighted by Crippen LogP contribution is 2.31. The molecule has 1 amide bonds. The van der Waals surface area contributed by atoms with Gasteiger partial charge in [-0.05, 0) is 61.4 Å². The molecule has 3 aromatic carbocycles. The van der Waals surface area contributed by atoms with Crippen LogP contribution in [0.1, 0.15) is 35.3 Å². The van der Waals surface area contributed by atoms with Crippen molar-refractivity contribution in [3.05, 3.63) is 94.3 Å². The van der Waals surface area contributed by atoms with E-state index in [2.05, 4.69) is 0 Å². The van der Waals surface area contributed by atoms with Crippen LogP contribution in [-0.4, -0.2) is 31.6 Å². The maximum absolute atomic E-state index is 13.4. The number of hydrogen-bond donors (Lipinski definition) is 0. The van der Waals surface area contributed by atoms with Crippen molar-refractivity contribution < 1.29 is 26.5 Å². The van der Waals surface area contributed by atoms with Gasteiger partial charge in [0, 0.05) is 13.1 Å². The van der Waals surface area contributed by atoms with Gasteiger partial charge in [-0.15, -0.1) is 0 Å². The molecule has 0 spiro atoms. The van der Waals surface area contributed by atoms with E-state index < -0.39 is 15.4 Å². The second kappa shape index (κ2) is 10.9. The number of rotatable bonds is 9. The lowest BCUT2D eigenvalue weighted by atomic mass is 10.1. The van der Waals surface area contributed by atoms with Gasteiger partial charge in [-0.2, -0.15) is 8.42 Å². The lowest BCUT2D eigenvalue weighted by Crippen LogP contribution is -2.30. The lowest BCUT2D eigenvalue weighted by molar-refractivity contribution is 0.0730. The van der Waals surface area contributed by atoms with Crippen LogP contribution in [0.25, 0.3) is 0 Å². The summed E-state index contributed by atoms with van der Waals surface area (Å²) in [5.74, 6) is -0.435. The molecule has 0 unspecified atom stereocenters. The van der Waals surface area contributed by atoms with Crippen LogP contribution >= 0.6 is 11.6 Å². The van der Waals surface area contributed by atoms with Gasteiger partial charge >= 0.3 is 10.1 Å². The fourth-order valence-corrected chi connectivity index (χ4v) is 3.93. The first-order chi connectivity index (χ1) is 16.1. The lowest BCUT2D eigenvalue weighted by Gasteiger charge is -2.24. The highest BCUT2D eigenvalue weighted by molar-refractivity contribution is 7.87. The van der Waals surface area contributed by atoms with Gasteiger partial charge in [0.2, 0.25) is 0 Å². The summed E-state index contributed by atoms with van der Waals surface area (Å²) in [4.78, 5) is 14.9. The fourth-order valence-electron chi connectivity index (χ4n) is 3.14. The Balaban J connectivity index is 1.96. The van der Waals surface area contributed by atoms with Crippen LogP contribution in [0.15, 0.2) is 66.7 Å². The zero-order chi connectivity index (χ0) is 24.9. The molecule has 0 aromatic heterocycles. The van der Waals surface area contributed by atoms with Gasteiger partial charge in [0.25, 0.3) is 5.91 Å². The fraction of sp³-hybridized carbons (Fsp3) is 0.240. The molecule has 0 heterocycles. The monoisotopic (exact) mass is 505 g/mol. The van der Waals surface area contributed by atoms with Crippen LogP contribution in [0.3, 0.4) is 0 Å². The molecule has 0 saturated heterocycles. The Morgan fingerprint density at radius 3 is 2.21 bits per heavy atom. The second-order valence-corrected chi connectivity index (χ2v) is 10.4. The zero-order valence-electron chi connectivity index (χ0n) is 19.0. The van der Waals surface area contributed by atoms with Crippen molar-refractivity contribution in [1.82, 2.24) is 4.90 Å². The molecule has 0 N–H and O–H groups in total. The maximum Gasteiger partial charge on any atom is 0.311 e. The van der Waals surface area contributed by atoms with E-state index in [1.54, 1.807) is 48.5 Å². The van der Waals surface area contributed by atoms with Crippen LogP contribution in [0.5, 0.6) is 11.5 Å². The Morgan fingerprint density at radius 2 is 1.59 bits per heavy atom. The summed E-state index contributed by atoms with van der Waals surface area (Å²) in [6.07, 6.45) is 0. The predicted octanol–water partition coefficient (Wildman–Crippen LogP) is 5.45. The van der Waals surface area contributed by atoms with Crippen LogP contribution < -0.4 is 8.92 Å². The summed E-state index contributed by atoms with van der Waals surface area (Å²) < 4.78 is 48.5. The van der Waals surface area contributed by atoms with E-state index in [-0.39, 0.29) is 36.3 Å². The molecule has 0 saturated carbocycles. The standard InChI is InChI=1S/C25H25ClFNO5S/c1-17(2)34(30,31)33-24-14-19(10-13-23(24)32-3)16-28(15-18-8-11-20(27)12-9-18)25(29)21-6-4-5-7-22(21)26/h4-14,17H,15-16H2,1-3H3. The van der Waals surface area contributed by atoms with Crippen molar-refractivity contribution in [2.75, 3.05) is 7.11 Å². The SMILES string of the molecule is COc1ccc(CN(Cc2ccc(F)cc2)C(=O)c2ccccc2Cl)cc1OS(=O)(=O)C(C)C. The van der Waals surface area contributed by atoms with Gasteiger partial charge in [-0.3, -0.25) is 4.79 Å². The topological polar surface area (TPSA) is 72.9 Å². The largest absolute Gasteiger partial charge is 0.493 e. The smallest absolute Gasteiger partial charge is 0.311 e. The van der Waals surface area contributed by atoms with Gasteiger partial charge in [-0.1, -0.05) is 41.9 Å². The molecule has 0 bridgehead atoms. The number of methoxy groups -OCH3 is 1. The van der Waals surface area contributed by atoms with E-state index in [4.69, 9.17) is 20.5 Å². The quantitative estimate of drug-likeness (QED) is 0.362. The molecular weight excluding hydrogens is 481 g/mol. The minimum atomic E-state index is -3.86. The molecule has 0 radical (unpaired) electrons. The van der Waals surface area contributed by atoms with Crippen molar-refractivity contribution in [3.8, 4) is 11.5 Å². The highest BCUT2D eigenvalue weighted by Gasteiger charge is 2.23. The van der Waals surface area contributed by atoms with Crippen molar-refractivity contribution >= 4 is 27.6 Å². The number of benzene rings is 3. The van der Waals surface area contributed by atoms with Crippen molar-refractivity contribution in [2.24, 2.45) is 0 Å². The summed E-state index contributed by atoms with van der Waals surface area (Å²) in [5.41, 5.74) is 1.64. The number of halogens is 2. The van der Waals surface area contributed by atoms with E-state index >= 15 is 0 Å². The molecule has 34 heavy (non-hydrogen) atoms. The number of hydrogen-bond acceptors (Lipinski definition) is 5. The molecule has 0 fully saturated rings. The molecule has 3 rings (SSSR count). The van der Waals surface area contributed by atoms with Crippen LogP contribution in [0, 0.1) is 5.82 Å². The molecular formula is C25H25ClFNO5S. The first-order valence-electron chi connectivity index (χ1n) is 10.5. The Kier molecular flexibility index (Phi) is 8.17. The second-order valence-electron chi connectivity index (χ2n) is 7.88. The number of amides is 1. The Hall–Kier alpha value is -3.10. The predicted molar refractivity (Wildman–Crippen MR) is 129 cm³/mol. The minimum absolute atomic E-state index is 0.0284. The summed E-state index contributed by atoms with van der Waals surface area (Å²) >= 11 is 6.26. The number of nitrogens with zero attached hydrogens (tertiary/aromatic N) is 1. The molecule has 0 atom stereocenters. The number of ether oxygens (including phenoxy) is 1. The highest BCUT2D eigenvalue weighted by atomic mass is 35.5. The third kappa shape index (κ3) is 6.27. The van der Waals surface area contributed by atoms with Crippen molar-refractivity contribution in [3.63, 3.8) is 0 Å². The molecule has 0 aliphatic heterocycles. The third-order valence-corrected chi connectivity index (χ3v) is 6.96. The summed E-state index contributed by atoms with van der Waals surface area (Å²) in [7, 11) is -2.45. The van der Waals surface area contributed by atoms with E-state index in [1.165, 1.54) is 44.1 Å². The first kappa shape index (κ1) is 25.5. The summed E-state index contributed by atoms with van der Waals surface area (Å²) in [6.45, 7) is 3.32. The average molecular weight is 506 g/mol. The van der Waals surface area contributed by atoms with E-state index in [9.17, 15) is 17.6 Å². The Bertz CT molecular complexity index is 1260. The molecule has 9 heteroatoms. The van der Waals surface area contributed by atoms with Crippen LogP contribution in [-0.2, 0) is 23.2 Å². The third-order valence-electron chi connectivity index (χ3n) is 5.06. The maximum atomic E-state index is 13.4. The Morgan fingerprint density at radius 1 is 0.971 bits per heavy atom. The van der Waals surface area contributed by atoms with Gasteiger partial charge in [-0.25, -0.2) is 4.39 Å². The van der Waals surface area contributed by atoms with Gasteiger partial charge in [0.1, 0.15) is 5.82 Å². The molecule has 3 aromatic rings.